The standard InChI is InChI=1S/C8H6O3/c1-2-5-11-8(9)7-4-3-6-10-7/h1,3-4,6H,5H2. The fourth-order valence-corrected chi connectivity index (χ4v) is 0.573. The molecule has 0 amide bonds. The molecule has 0 aromatic carbocycles. The average molecular weight is 150 g/mol. The van der Waals surface area contributed by atoms with Crippen LogP contribution in [-0.2, 0) is 4.74 Å². The molecule has 0 spiro atoms. The van der Waals surface area contributed by atoms with Gasteiger partial charge in [0.1, 0.15) is 0 Å². The van der Waals surface area contributed by atoms with E-state index in [-0.39, 0.29) is 12.4 Å². The van der Waals surface area contributed by atoms with Crippen molar-refractivity contribution in [3.8, 4) is 12.3 Å². The first kappa shape index (κ1) is 7.42. The number of terminal acetylenes is 1. The van der Waals surface area contributed by atoms with Gasteiger partial charge in [-0.1, -0.05) is 5.92 Å². The maximum atomic E-state index is 10.9. The highest BCUT2D eigenvalue weighted by Gasteiger charge is 2.07. The molecule has 1 heterocycles. The predicted octanol–water partition coefficient (Wildman–Crippen LogP) is 1.07. The molecule has 1 rings (SSSR count). The van der Waals surface area contributed by atoms with Gasteiger partial charge in [0.2, 0.25) is 5.76 Å². The van der Waals surface area contributed by atoms with E-state index in [0.717, 1.165) is 0 Å². The maximum absolute atomic E-state index is 10.9. The van der Waals surface area contributed by atoms with Crippen molar-refractivity contribution in [2.45, 2.75) is 0 Å². The summed E-state index contributed by atoms with van der Waals surface area (Å²) in [7, 11) is 0. The molecule has 11 heavy (non-hydrogen) atoms. The average Bonchev–Trinajstić information content (AvgIpc) is 2.52. The highest BCUT2D eigenvalue weighted by Crippen LogP contribution is 2.01. The molecule has 0 saturated carbocycles. The topological polar surface area (TPSA) is 39.4 Å². The molecule has 0 unspecified atom stereocenters. The zero-order chi connectivity index (χ0) is 8.10. The lowest BCUT2D eigenvalue weighted by molar-refractivity contribution is 0.0520. The second kappa shape index (κ2) is 3.47. The monoisotopic (exact) mass is 150 g/mol. The smallest absolute Gasteiger partial charge is 0.375 e. The zero-order valence-electron chi connectivity index (χ0n) is 5.74. The first-order chi connectivity index (χ1) is 5.34. The minimum Gasteiger partial charge on any atom is -0.457 e. The molecule has 3 heteroatoms. The first-order valence-electron chi connectivity index (χ1n) is 2.98. The van der Waals surface area contributed by atoms with Crippen LogP contribution in [0.4, 0.5) is 0 Å². The van der Waals surface area contributed by atoms with Gasteiger partial charge in [-0.3, -0.25) is 0 Å². The van der Waals surface area contributed by atoms with Crippen LogP contribution in [0.2, 0.25) is 0 Å². The summed E-state index contributed by atoms with van der Waals surface area (Å²) in [6.07, 6.45) is 6.27. The third-order valence-corrected chi connectivity index (χ3v) is 1.01. The molecule has 0 aliphatic carbocycles. The molecule has 0 radical (unpaired) electrons. The van der Waals surface area contributed by atoms with Crippen molar-refractivity contribution < 1.29 is 13.9 Å². The Morgan fingerprint density at radius 3 is 3.18 bits per heavy atom. The van der Waals surface area contributed by atoms with Gasteiger partial charge in [-0.15, -0.1) is 6.42 Å². The summed E-state index contributed by atoms with van der Waals surface area (Å²) >= 11 is 0. The second-order valence-corrected chi connectivity index (χ2v) is 1.76. The lowest BCUT2D eigenvalue weighted by Gasteiger charge is -1.94. The van der Waals surface area contributed by atoms with E-state index in [1.807, 2.05) is 0 Å². The minimum absolute atomic E-state index is 0.0282. The van der Waals surface area contributed by atoms with E-state index in [4.69, 9.17) is 10.8 Å². The van der Waals surface area contributed by atoms with E-state index in [9.17, 15) is 4.79 Å². The van der Waals surface area contributed by atoms with Gasteiger partial charge < -0.3 is 9.15 Å². The van der Waals surface area contributed by atoms with Gasteiger partial charge in [-0.25, -0.2) is 4.79 Å². The molecule has 0 saturated heterocycles. The van der Waals surface area contributed by atoms with Crippen LogP contribution in [0, 0.1) is 12.3 Å². The van der Waals surface area contributed by atoms with Crippen LogP contribution in [0.15, 0.2) is 22.8 Å². The summed E-state index contributed by atoms with van der Waals surface area (Å²) in [5, 5.41) is 0. The molecule has 0 aliphatic heterocycles. The van der Waals surface area contributed by atoms with E-state index in [0.29, 0.717) is 0 Å². The highest BCUT2D eigenvalue weighted by molar-refractivity contribution is 5.86. The molecule has 56 valence electrons. The number of rotatable bonds is 2. The van der Waals surface area contributed by atoms with Crippen LogP contribution in [0.5, 0.6) is 0 Å². The fourth-order valence-electron chi connectivity index (χ4n) is 0.573. The SMILES string of the molecule is C#CCOC(=O)c1ccco1. The zero-order valence-corrected chi connectivity index (χ0v) is 5.74. The summed E-state index contributed by atoms with van der Waals surface area (Å²) in [6.45, 7) is -0.0282. The summed E-state index contributed by atoms with van der Waals surface area (Å²) < 4.78 is 9.32. The Kier molecular flexibility index (Phi) is 2.34. The van der Waals surface area contributed by atoms with E-state index in [1.165, 1.54) is 12.3 Å². The molecule has 1 aromatic rings. The van der Waals surface area contributed by atoms with E-state index in [2.05, 4.69) is 10.7 Å². The molecule has 3 nitrogen and oxygen atoms in total. The summed E-state index contributed by atoms with van der Waals surface area (Å²) in [6, 6.07) is 3.12. The van der Waals surface area contributed by atoms with Crippen molar-refractivity contribution in [2.24, 2.45) is 0 Å². The predicted molar refractivity (Wildman–Crippen MR) is 37.8 cm³/mol. The quantitative estimate of drug-likeness (QED) is 0.467. The van der Waals surface area contributed by atoms with Crippen molar-refractivity contribution in [2.75, 3.05) is 6.61 Å². The van der Waals surface area contributed by atoms with Crippen molar-refractivity contribution in [3.63, 3.8) is 0 Å². The third kappa shape index (κ3) is 1.87. The molecule has 0 fully saturated rings. The minimum atomic E-state index is -0.534. The maximum Gasteiger partial charge on any atom is 0.375 e. The van der Waals surface area contributed by atoms with Crippen LogP contribution in [0.25, 0.3) is 0 Å². The molecule has 0 bridgehead atoms. The Bertz CT molecular complexity index is 266. The van der Waals surface area contributed by atoms with E-state index in [1.54, 1.807) is 6.07 Å². The van der Waals surface area contributed by atoms with Gasteiger partial charge in [-0.05, 0) is 12.1 Å². The van der Waals surface area contributed by atoms with Crippen LogP contribution < -0.4 is 0 Å². The summed E-state index contributed by atoms with van der Waals surface area (Å²) in [5.41, 5.74) is 0. The van der Waals surface area contributed by atoms with Gasteiger partial charge in [0, 0.05) is 0 Å². The number of carbonyl (C=O) groups is 1. The largest absolute Gasteiger partial charge is 0.457 e. The third-order valence-electron chi connectivity index (χ3n) is 1.01. The van der Waals surface area contributed by atoms with Gasteiger partial charge >= 0.3 is 5.97 Å². The Morgan fingerprint density at radius 1 is 1.82 bits per heavy atom. The van der Waals surface area contributed by atoms with Gasteiger partial charge in [0.25, 0.3) is 0 Å². The molecular formula is C8H6O3. The number of hydrogen-bond donors (Lipinski definition) is 0. The second-order valence-electron chi connectivity index (χ2n) is 1.76. The molecule has 1 aromatic heterocycles. The van der Waals surface area contributed by atoms with Gasteiger partial charge in [0.05, 0.1) is 6.26 Å². The van der Waals surface area contributed by atoms with Crippen LogP contribution in [0.1, 0.15) is 10.6 Å². The summed E-state index contributed by atoms with van der Waals surface area (Å²) in [5.74, 6) is 1.81. The van der Waals surface area contributed by atoms with Crippen LogP contribution >= 0.6 is 0 Å². The number of furan rings is 1. The van der Waals surface area contributed by atoms with Crippen molar-refractivity contribution in [3.05, 3.63) is 24.2 Å². The first-order valence-corrected chi connectivity index (χ1v) is 2.98. The van der Waals surface area contributed by atoms with Crippen molar-refractivity contribution in [1.29, 1.82) is 0 Å². The Morgan fingerprint density at radius 2 is 2.64 bits per heavy atom. The number of carbonyl (C=O) groups excluding carboxylic acids is 1. The van der Waals surface area contributed by atoms with Crippen molar-refractivity contribution in [1.82, 2.24) is 0 Å². The lowest BCUT2D eigenvalue weighted by atomic mass is 10.5. The van der Waals surface area contributed by atoms with E-state index >= 15 is 0 Å². The molecule has 0 aliphatic rings. The fraction of sp³-hybridized carbons (Fsp3) is 0.125. The van der Waals surface area contributed by atoms with Gasteiger partial charge in [-0.2, -0.15) is 0 Å². The van der Waals surface area contributed by atoms with Crippen LogP contribution in [-0.4, -0.2) is 12.6 Å². The van der Waals surface area contributed by atoms with Crippen LogP contribution in [0.3, 0.4) is 0 Å². The molecule has 0 atom stereocenters. The number of esters is 1. The molecule has 0 N–H and O–H groups in total. The van der Waals surface area contributed by atoms with E-state index < -0.39 is 5.97 Å². The lowest BCUT2D eigenvalue weighted by Crippen LogP contribution is -2.03. The van der Waals surface area contributed by atoms with Gasteiger partial charge in [0.15, 0.2) is 6.61 Å². The number of hydrogen-bond acceptors (Lipinski definition) is 3. The summed E-state index contributed by atoms with van der Waals surface area (Å²) in [4.78, 5) is 10.9. The Labute approximate surface area is 64.0 Å². The Balaban J connectivity index is 2.51. The van der Waals surface area contributed by atoms with Crippen molar-refractivity contribution >= 4 is 5.97 Å². The Hall–Kier alpha value is -1.69. The number of ether oxygens (including phenoxy) is 1. The molecular weight excluding hydrogens is 144 g/mol. The highest BCUT2D eigenvalue weighted by atomic mass is 16.5. The normalized spacial score (nSPS) is 8.64.